The molecule has 3 rings (SSSR count). The molecule has 0 saturated carbocycles. The van der Waals surface area contributed by atoms with Crippen molar-refractivity contribution in [1.82, 2.24) is 4.72 Å². The molecule has 6 nitrogen and oxygen atoms in total. The first-order valence-electron chi connectivity index (χ1n) is 8.33. The van der Waals surface area contributed by atoms with Gasteiger partial charge >= 0.3 is 0 Å². The Labute approximate surface area is 165 Å². The highest BCUT2D eigenvalue weighted by Gasteiger charge is 2.24. The maximum atomic E-state index is 14.1. The molecule has 0 bridgehead atoms. The van der Waals surface area contributed by atoms with Crippen molar-refractivity contribution in [1.29, 1.82) is 0 Å². The number of ether oxygens (including phenoxy) is 1. The molecule has 0 radical (unpaired) electrons. The molecule has 1 aliphatic rings. The van der Waals surface area contributed by atoms with E-state index in [2.05, 4.69) is 26.0 Å². The molecule has 2 aromatic carbocycles. The number of hydrogen-bond donors (Lipinski definition) is 2. The molecule has 1 aliphatic heterocycles. The third-order valence-corrected chi connectivity index (χ3v) is 6.08. The van der Waals surface area contributed by atoms with Crippen LogP contribution < -0.4 is 10.0 Å². The molecule has 1 atom stereocenters. The molecule has 9 heteroatoms. The number of amides is 1. The fraction of sp³-hybridized carbons (Fsp3) is 0.278. The van der Waals surface area contributed by atoms with Gasteiger partial charge in [-0.1, -0.05) is 15.9 Å². The lowest BCUT2D eigenvalue weighted by Crippen LogP contribution is -2.32. The Balaban J connectivity index is 1.76. The normalized spacial score (nSPS) is 17.0. The van der Waals surface area contributed by atoms with E-state index in [1.807, 2.05) is 0 Å². The van der Waals surface area contributed by atoms with E-state index in [1.165, 1.54) is 6.07 Å². The summed E-state index contributed by atoms with van der Waals surface area (Å²) in [6.07, 6.45) is 1.40. The molecule has 1 unspecified atom stereocenters. The van der Waals surface area contributed by atoms with Crippen LogP contribution in [0.5, 0.6) is 0 Å². The van der Waals surface area contributed by atoms with Gasteiger partial charge in [-0.15, -0.1) is 0 Å². The minimum atomic E-state index is -4.10. The van der Waals surface area contributed by atoms with Crippen LogP contribution in [-0.2, 0) is 14.8 Å². The molecule has 144 valence electrons. The highest BCUT2D eigenvalue weighted by Crippen LogP contribution is 2.20. The monoisotopic (exact) mass is 456 g/mol. The van der Waals surface area contributed by atoms with E-state index in [9.17, 15) is 17.6 Å². The summed E-state index contributed by atoms with van der Waals surface area (Å²) in [5.41, 5.74) is 0.574. The van der Waals surface area contributed by atoms with Crippen molar-refractivity contribution >= 4 is 37.5 Å². The molecule has 1 heterocycles. The molecular formula is C18H18BrFN2O4S. The topological polar surface area (TPSA) is 84.5 Å². The maximum absolute atomic E-state index is 14.1. The SMILES string of the molecule is O=C(Nc1ccc(Br)cc1)c1ccc(F)c(S(=O)(=O)NCC2CCCO2)c1. The van der Waals surface area contributed by atoms with Gasteiger partial charge < -0.3 is 10.1 Å². The molecule has 2 N–H and O–H groups in total. The van der Waals surface area contributed by atoms with Gasteiger partial charge in [-0.2, -0.15) is 0 Å². The van der Waals surface area contributed by atoms with Crippen molar-refractivity contribution in [2.24, 2.45) is 0 Å². The van der Waals surface area contributed by atoms with E-state index < -0.39 is 26.6 Å². The Morgan fingerprint density at radius 2 is 1.96 bits per heavy atom. The summed E-state index contributed by atoms with van der Waals surface area (Å²) in [6, 6.07) is 10.1. The Kier molecular flexibility index (Phi) is 6.25. The molecule has 0 aromatic heterocycles. The lowest BCUT2D eigenvalue weighted by molar-refractivity contribution is 0.102. The molecule has 1 saturated heterocycles. The molecule has 0 spiro atoms. The van der Waals surface area contributed by atoms with Crippen LogP contribution >= 0.6 is 15.9 Å². The van der Waals surface area contributed by atoms with Gasteiger partial charge in [0.2, 0.25) is 10.0 Å². The van der Waals surface area contributed by atoms with Gasteiger partial charge in [0.05, 0.1) is 6.10 Å². The smallest absolute Gasteiger partial charge is 0.255 e. The van der Waals surface area contributed by atoms with Crippen LogP contribution in [0.4, 0.5) is 10.1 Å². The average molecular weight is 457 g/mol. The molecular weight excluding hydrogens is 439 g/mol. The Bertz CT molecular complexity index is 929. The first-order chi connectivity index (χ1) is 12.8. The first kappa shape index (κ1) is 19.9. The summed E-state index contributed by atoms with van der Waals surface area (Å²) in [6.45, 7) is 0.656. The lowest BCUT2D eigenvalue weighted by atomic mass is 10.2. The van der Waals surface area contributed by atoms with Crippen LogP contribution in [-0.4, -0.2) is 33.6 Å². The summed E-state index contributed by atoms with van der Waals surface area (Å²) >= 11 is 3.30. The van der Waals surface area contributed by atoms with E-state index in [0.29, 0.717) is 12.3 Å². The number of nitrogens with one attached hydrogen (secondary N) is 2. The zero-order valence-electron chi connectivity index (χ0n) is 14.2. The van der Waals surface area contributed by atoms with Crippen molar-refractivity contribution in [3.05, 3.63) is 58.3 Å². The second-order valence-corrected chi connectivity index (χ2v) is 8.74. The lowest BCUT2D eigenvalue weighted by Gasteiger charge is -2.13. The number of hydrogen-bond acceptors (Lipinski definition) is 4. The van der Waals surface area contributed by atoms with Crippen LogP contribution in [0.15, 0.2) is 51.8 Å². The van der Waals surface area contributed by atoms with E-state index in [1.54, 1.807) is 24.3 Å². The van der Waals surface area contributed by atoms with Crippen molar-refractivity contribution < 1.29 is 22.3 Å². The number of rotatable bonds is 6. The number of carbonyl (C=O) groups is 1. The van der Waals surface area contributed by atoms with E-state index in [4.69, 9.17) is 4.74 Å². The fourth-order valence-electron chi connectivity index (χ4n) is 2.67. The first-order valence-corrected chi connectivity index (χ1v) is 10.6. The van der Waals surface area contributed by atoms with Gasteiger partial charge in [-0.3, -0.25) is 4.79 Å². The zero-order valence-corrected chi connectivity index (χ0v) is 16.6. The highest BCUT2D eigenvalue weighted by atomic mass is 79.9. The minimum absolute atomic E-state index is 0.0387. The summed E-state index contributed by atoms with van der Waals surface area (Å²) < 4.78 is 47.6. The maximum Gasteiger partial charge on any atom is 0.255 e. The van der Waals surface area contributed by atoms with E-state index in [-0.39, 0.29) is 18.2 Å². The number of anilines is 1. The average Bonchev–Trinajstić information content (AvgIpc) is 3.16. The summed E-state index contributed by atoms with van der Waals surface area (Å²) in [7, 11) is -4.10. The standard InChI is InChI=1S/C18H18BrFN2O4S/c19-13-4-6-14(7-5-13)22-18(23)12-3-8-16(20)17(10-12)27(24,25)21-11-15-2-1-9-26-15/h3-8,10,15,21H,1-2,9,11H2,(H,22,23). The molecule has 1 amide bonds. The fourth-order valence-corrected chi connectivity index (χ4v) is 4.10. The van der Waals surface area contributed by atoms with E-state index in [0.717, 1.165) is 29.4 Å². The number of benzene rings is 2. The molecule has 1 fully saturated rings. The van der Waals surface area contributed by atoms with Crippen molar-refractivity contribution in [2.75, 3.05) is 18.5 Å². The summed E-state index contributed by atoms with van der Waals surface area (Å²) in [5.74, 6) is -1.46. The minimum Gasteiger partial charge on any atom is -0.377 e. The Hall–Kier alpha value is -1.81. The van der Waals surface area contributed by atoms with E-state index >= 15 is 0 Å². The van der Waals surface area contributed by atoms with Crippen molar-refractivity contribution in [3.8, 4) is 0 Å². The third-order valence-electron chi connectivity index (χ3n) is 4.11. The van der Waals surface area contributed by atoms with Crippen LogP contribution in [0.25, 0.3) is 0 Å². The van der Waals surface area contributed by atoms with Crippen LogP contribution in [0.1, 0.15) is 23.2 Å². The van der Waals surface area contributed by atoms with Crippen LogP contribution in [0.2, 0.25) is 0 Å². The summed E-state index contributed by atoms with van der Waals surface area (Å²) in [5, 5.41) is 2.64. The number of halogens is 2. The molecule has 2 aromatic rings. The second kappa shape index (κ2) is 8.47. The van der Waals surface area contributed by atoms with Gasteiger partial charge in [0.1, 0.15) is 10.7 Å². The Morgan fingerprint density at radius 1 is 1.22 bits per heavy atom. The van der Waals surface area contributed by atoms with Crippen LogP contribution in [0.3, 0.4) is 0 Å². The third kappa shape index (κ3) is 5.13. The van der Waals surface area contributed by atoms with Crippen molar-refractivity contribution in [2.45, 2.75) is 23.8 Å². The largest absolute Gasteiger partial charge is 0.377 e. The molecule has 27 heavy (non-hydrogen) atoms. The number of carbonyl (C=O) groups excluding carboxylic acids is 1. The summed E-state index contributed by atoms with van der Waals surface area (Å²) in [4.78, 5) is 11.8. The van der Waals surface area contributed by atoms with Gasteiger partial charge in [0, 0.05) is 28.9 Å². The zero-order chi connectivity index (χ0) is 19.4. The predicted molar refractivity (Wildman–Crippen MR) is 103 cm³/mol. The van der Waals surface area contributed by atoms with Gasteiger partial charge in [-0.05, 0) is 55.3 Å². The van der Waals surface area contributed by atoms with Gasteiger partial charge in [0.15, 0.2) is 0 Å². The number of sulfonamides is 1. The highest BCUT2D eigenvalue weighted by molar-refractivity contribution is 9.10. The Morgan fingerprint density at radius 3 is 2.63 bits per heavy atom. The second-order valence-electron chi connectivity index (χ2n) is 6.09. The quantitative estimate of drug-likeness (QED) is 0.698. The van der Waals surface area contributed by atoms with Crippen molar-refractivity contribution in [3.63, 3.8) is 0 Å². The van der Waals surface area contributed by atoms with Crippen LogP contribution in [0, 0.1) is 5.82 Å². The van der Waals surface area contributed by atoms with Gasteiger partial charge in [-0.25, -0.2) is 17.5 Å². The molecule has 0 aliphatic carbocycles. The van der Waals surface area contributed by atoms with Gasteiger partial charge in [0.25, 0.3) is 5.91 Å². The predicted octanol–water partition coefficient (Wildman–Crippen LogP) is 3.30.